The number of sulfonamides is 1. The van der Waals surface area contributed by atoms with Crippen LogP contribution in [0.4, 0.5) is 5.69 Å². The third-order valence-electron chi connectivity index (χ3n) is 4.96. The lowest BCUT2D eigenvalue weighted by molar-refractivity contribution is 0.0709. The second-order valence-electron chi connectivity index (χ2n) is 7.35. The molecule has 7 nitrogen and oxygen atoms in total. The normalized spacial score (nSPS) is 16.0. The third-order valence-corrected chi connectivity index (χ3v) is 6.25. The van der Waals surface area contributed by atoms with Gasteiger partial charge in [-0.05, 0) is 42.1 Å². The first-order chi connectivity index (χ1) is 15.4. The number of hydrogen-bond acceptors (Lipinski definition) is 6. The first kappa shape index (κ1) is 22.0. The van der Waals surface area contributed by atoms with Crippen molar-refractivity contribution >= 4 is 38.7 Å². The number of anilines is 1. The molecule has 0 saturated carbocycles. The number of hydrazone groups is 1. The Labute approximate surface area is 191 Å². The van der Waals surface area contributed by atoms with Crippen molar-refractivity contribution in [2.75, 3.05) is 17.6 Å². The lowest BCUT2D eigenvalue weighted by Crippen LogP contribution is -2.27. The summed E-state index contributed by atoms with van der Waals surface area (Å²) in [5.74, 6) is 0.523. The smallest absolute Gasteiger partial charge is 0.275 e. The van der Waals surface area contributed by atoms with Crippen molar-refractivity contribution in [3.63, 3.8) is 0 Å². The van der Waals surface area contributed by atoms with Crippen LogP contribution < -0.4 is 9.46 Å². The largest absolute Gasteiger partial charge is 0.494 e. The molecule has 3 aromatic rings. The lowest BCUT2D eigenvalue weighted by atomic mass is 9.97. The molecule has 0 saturated heterocycles. The summed E-state index contributed by atoms with van der Waals surface area (Å²) in [5.41, 5.74) is 3.34. The van der Waals surface area contributed by atoms with E-state index in [2.05, 4.69) is 9.82 Å². The van der Waals surface area contributed by atoms with Crippen LogP contribution in [0.25, 0.3) is 0 Å². The Morgan fingerprint density at radius 3 is 2.75 bits per heavy atom. The first-order valence-corrected chi connectivity index (χ1v) is 12.9. The molecule has 1 atom stereocenters. The summed E-state index contributed by atoms with van der Waals surface area (Å²) in [6.07, 6.45) is 1.58. The number of nitrogens with zero attached hydrogens (tertiary/aromatic N) is 2. The van der Waals surface area contributed by atoms with Gasteiger partial charge in [0, 0.05) is 23.1 Å². The van der Waals surface area contributed by atoms with Crippen molar-refractivity contribution in [2.45, 2.75) is 19.4 Å². The molecule has 1 amide bonds. The zero-order chi connectivity index (χ0) is 22.7. The molecule has 1 aliphatic heterocycles. The maximum atomic E-state index is 13.3. The molecule has 0 unspecified atom stereocenters. The first-order valence-electron chi connectivity index (χ1n) is 10.1. The van der Waals surface area contributed by atoms with Gasteiger partial charge in [0.2, 0.25) is 10.0 Å². The van der Waals surface area contributed by atoms with Gasteiger partial charge in [0.25, 0.3) is 5.91 Å². The van der Waals surface area contributed by atoms with Crippen LogP contribution in [0.1, 0.15) is 40.9 Å². The number of benzene rings is 2. The average Bonchev–Trinajstić information content (AvgIpc) is 3.43. The van der Waals surface area contributed by atoms with Gasteiger partial charge in [-0.15, -0.1) is 0 Å². The highest BCUT2D eigenvalue weighted by atomic mass is 32.2. The minimum atomic E-state index is -3.41. The fourth-order valence-corrected chi connectivity index (χ4v) is 4.84. The van der Waals surface area contributed by atoms with Crippen LogP contribution in [0.2, 0.25) is 0 Å². The molecule has 2 heterocycles. The second kappa shape index (κ2) is 9.13. The maximum absolute atomic E-state index is 13.3. The predicted octanol–water partition coefficient (Wildman–Crippen LogP) is 4.51. The van der Waals surface area contributed by atoms with Gasteiger partial charge in [-0.25, -0.2) is 13.4 Å². The molecule has 32 heavy (non-hydrogen) atoms. The van der Waals surface area contributed by atoms with E-state index in [1.165, 1.54) is 16.3 Å². The predicted molar refractivity (Wildman–Crippen MR) is 127 cm³/mol. The Kier molecular flexibility index (Phi) is 6.29. The van der Waals surface area contributed by atoms with E-state index in [-0.39, 0.29) is 11.9 Å². The van der Waals surface area contributed by atoms with E-state index in [1.54, 1.807) is 29.6 Å². The van der Waals surface area contributed by atoms with Gasteiger partial charge in [0.1, 0.15) is 5.75 Å². The van der Waals surface area contributed by atoms with Crippen molar-refractivity contribution in [1.29, 1.82) is 0 Å². The van der Waals surface area contributed by atoms with Crippen molar-refractivity contribution < 1.29 is 17.9 Å². The highest BCUT2D eigenvalue weighted by molar-refractivity contribution is 7.92. The van der Waals surface area contributed by atoms with Crippen LogP contribution in [0.5, 0.6) is 5.75 Å². The minimum absolute atomic E-state index is 0.192. The summed E-state index contributed by atoms with van der Waals surface area (Å²) >= 11 is 1.45. The van der Waals surface area contributed by atoms with E-state index in [0.717, 1.165) is 17.4 Å². The van der Waals surface area contributed by atoms with Crippen LogP contribution in [0, 0.1) is 0 Å². The standard InChI is InChI=1S/C23H23N3O4S2/c1-3-30-22-10-5-4-9-19(22)21-14-20(24-26(21)23(27)17-11-12-31-15-17)16-7-6-8-18(13-16)25-32(2,28)29/h4-13,15,21,25H,3,14H2,1-2H3/t21-/m0/s1. The van der Waals surface area contributed by atoms with Crippen LogP contribution >= 0.6 is 11.3 Å². The maximum Gasteiger partial charge on any atom is 0.275 e. The van der Waals surface area contributed by atoms with E-state index in [1.807, 2.05) is 42.6 Å². The van der Waals surface area contributed by atoms with Crippen LogP contribution in [0.15, 0.2) is 70.5 Å². The van der Waals surface area contributed by atoms with Gasteiger partial charge >= 0.3 is 0 Å². The van der Waals surface area contributed by atoms with Gasteiger partial charge in [0.05, 0.1) is 30.2 Å². The molecule has 4 rings (SSSR count). The molecule has 1 aromatic heterocycles. The number of amides is 1. The third kappa shape index (κ3) is 4.84. The number of ether oxygens (including phenoxy) is 1. The Bertz CT molecular complexity index is 1250. The molecule has 1 N–H and O–H groups in total. The van der Waals surface area contributed by atoms with Crippen molar-refractivity contribution in [1.82, 2.24) is 5.01 Å². The molecular formula is C23H23N3O4S2. The van der Waals surface area contributed by atoms with Gasteiger partial charge in [-0.2, -0.15) is 16.4 Å². The zero-order valence-corrected chi connectivity index (χ0v) is 19.3. The summed E-state index contributed by atoms with van der Waals surface area (Å²) in [7, 11) is -3.41. The number of thiophene rings is 1. The van der Waals surface area contributed by atoms with Gasteiger partial charge < -0.3 is 4.74 Å². The van der Waals surface area contributed by atoms with Crippen LogP contribution in [0.3, 0.4) is 0 Å². The van der Waals surface area contributed by atoms with Gasteiger partial charge in [-0.3, -0.25) is 9.52 Å². The Balaban J connectivity index is 1.74. The summed E-state index contributed by atoms with van der Waals surface area (Å²) in [6.45, 7) is 2.43. The van der Waals surface area contributed by atoms with Crippen molar-refractivity contribution in [2.24, 2.45) is 5.10 Å². The van der Waals surface area contributed by atoms with Gasteiger partial charge in [0.15, 0.2) is 0 Å². The monoisotopic (exact) mass is 469 g/mol. The molecule has 0 aliphatic carbocycles. The SMILES string of the molecule is CCOc1ccccc1[C@@H]1CC(c2cccc(NS(C)(=O)=O)c2)=NN1C(=O)c1ccsc1. The topological polar surface area (TPSA) is 88.1 Å². The van der Waals surface area contributed by atoms with E-state index in [4.69, 9.17) is 4.74 Å². The summed E-state index contributed by atoms with van der Waals surface area (Å²) in [6, 6.07) is 16.1. The summed E-state index contributed by atoms with van der Waals surface area (Å²) in [4.78, 5) is 13.3. The van der Waals surface area contributed by atoms with Crippen molar-refractivity contribution in [3.05, 3.63) is 82.0 Å². The second-order valence-corrected chi connectivity index (χ2v) is 9.88. The number of hydrogen-bond donors (Lipinski definition) is 1. The minimum Gasteiger partial charge on any atom is -0.494 e. The zero-order valence-electron chi connectivity index (χ0n) is 17.7. The lowest BCUT2D eigenvalue weighted by Gasteiger charge is -2.23. The fourth-order valence-electron chi connectivity index (χ4n) is 3.65. The molecular weight excluding hydrogens is 446 g/mol. The molecule has 0 radical (unpaired) electrons. The molecule has 2 aromatic carbocycles. The highest BCUT2D eigenvalue weighted by Gasteiger charge is 2.35. The quantitative estimate of drug-likeness (QED) is 0.551. The molecule has 0 bridgehead atoms. The fraction of sp³-hybridized carbons (Fsp3) is 0.217. The molecule has 1 aliphatic rings. The number of rotatable bonds is 7. The Hall–Kier alpha value is -3.17. The van der Waals surface area contributed by atoms with E-state index >= 15 is 0 Å². The van der Waals surface area contributed by atoms with Crippen molar-refractivity contribution in [3.8, 4) is 5.75 Å². The van der Waals surface area contributed by atoms with E-state index in [9.17, 15) is 13.2 Å². The summed E-state index contributed by atoms with van der Waals surface area (Å²) in [5, 5.41) is 9.85. The Morgan fingerprint density at radius 2 is 2.03 bits per heavy atom. The molecule has 9 heteroatoms. The molecule has 166 valence electrons. The molecule has 0 spiro atoms. The number of carbonyl (C=O) groups is 1. The van der Waals surface area contributed by atoms with Gasteiger partial charge in [-0.1, -0.05) is 30.3 Å². The Morgan fingerprint density at radius 1 is 1.22 bits per heavy atom. The average molecular weight is 470 g/mol. The van der Waals surface area contributed by atoms with E-state index < -0.39 is 10.0 Å². The number of nitrogens with one attached hydrogen (secondary N) is 1. The van der Waals surface area contributed by atoms with Crippen LogP contribution in [-0.2, 0) is 10.0 Å². The number of para-hydroxylation sites is 1. The van der Waals surface area contributed by atoms with Crippen LogP contribution in [-0.4, -0.2) is 37.9 Å². The highest BCUT2D eigenvalue weighted by Crippen LogP contribution is 2.38. The number of carbonyl (C=O) groups excluding carboxylic acids is 1. The van der Waals surface area contributed by atoms with E-state index in [0.29, 0.717) is 35.7 Å². The molecule has 0 fully saturated rings. The summed E-state index contributed by atoms with van der Waals surface area (Å²) < 4.78 is 31.6.